The predicted octanol–water partition coefficient (Wildman–Crippen LogP) is 2.21. The Morgan fingerprint density at radius 1 is 1.47 bits per heavy atom. The van der Waals surface area contributed by atoms with Crippen LogP contribution in [0, 0.1) is 11.8 Å². The lowest BCUT2D eigenvalue weighted by Crippen LogP contribution is -2.34. The summed E-state index contributed by atoms with van der Waals surface area (Å²) in [5.41, 5.74) is 0. The van der Waals surface area contributed by atoms with Crippen molar-refractivity contribution in [2.75, 3.05) is 13.6 Å². The van der Waals surface area contributed by atoms with E-state index in [2.05, 4.69) is 13.5 Å². The van der Waals surface area contributed by atoms with Crippen molar-refractivity contribution in [2.45, 2.75) is 45.1 Å². The fourth-order valence-electron chi connectivity index (χ4n) is 2.59. The first-order chi connectivity index (χ1) is 8.06. The van der Waals surface area contributed by atoms with E-state index in [4.69, 9.17) is 0 Å². The first kappa shape index (κ1) is 14.2. The lowest BCUT2D eigenvalue weighted by molar-refractivity contribution is -0.135. The molecule has 0 aliphatic heterocycles. The molecule has 0 saturated heterocycles. The molecule has 0 aromatic heterocycles. The van der Waals surface area contributed by atoms with Crippen molar-refractivity contribution in [1.82, 2.24) is 4.90 Å². The Balaban J connectivity index is 2.33. The molecule has 1 aliphatic rings. The molecule has 3 nitrogen and oxygen atoms in total. The first-order valence-corrected chi connectivity index (χ1v) is 6.60. The third-order valence-corrected chi connectivity index (χ3v) is 3.70. The number of nitrogens with zero attached hydrogens (tertiary/aromatic N) is 1. The number of hydrogen-bond acceptors (Lipinski definition) is 2. The van der Waals surface area contributed by atoms with E-state index < -0.39 is 0 Å². The van der Waals surface area contributed by atoms with Crippen LogP contribution in [0.5, 0.6) is 0 Å². The highest BCUT2D eigenvalue weighted by Gasteiger charge is 2.36. The van der Waals surface area contributed by atoms with E-state index in [1.807, 2.05) is 18.0 Å². The molecule has 1 fully saturated rings. The van der Waals surface area contributed by atoms with Crippen LogP contribution in [0.25, 0.3) is 0 Å². The van der Waals surface area contributed by atoms with Crippen molar-refractivity contribution < 1.29 is 9.90 Å². The Morgan fingerprint density at radius 2 is 2.18 bits per heavy atom. The van der Waals surface area contributed by atoms with Crippen LogP contribution in [0.3, 0.4) is 0 Å². The number of aliphatic hydroxyl groups is 1. The summed E-state index contributed by atoms with van der Waals surface area (Å²) in [5, 5.41) is 9.56. The molecule has 0 aromatic rings. The second-order valence-corrected chi connectivity index (χ2v) is 5.25. The molecule has 3 heteroatoms. The molecule has 1 amide bonds. The second kappa shape index (κ2) is 6.80. The average Bonchev–Trinajstić information content (AvgIpc) is 2.62. The molecule has 0 unspecified atom stereocenters. The third kappa shape index (κ3) is 4.15. The monoisotopic (exact) mass is 239 g/mol. The largest absolute Gasteiger partial charge is 0.393 e. The van der Waals surface area contributed by atoms with Gasteiger partial charge in [-0.05, 0) is 38.0 Å². The molecule has 1 aliphatic carbocycles. The number of unbranched alkanes of at least 4 members (excludes halogenated alkanes) is 2. The van der Waals surface area contributed by atoms with Gasteiger partial charge in [0.25, 0.3) is 0 Å². The van der Waals surface area contributed by atoms with E-state index in [0.29, 0.717) is 12.3 Å². The van der Waals surface area contributed by atoms with Crippen LogP contribution in [-0.2, 0) is 4.79 Å². The Bertz CT molecular complexity index is 265. The number of rotatable bonds is 6. The molecule has 3 atom stereocenters. The molecule has 0 bridgehead atoms. The van der Waals surface area contributed by atoms with Crippen LogP contribution in [0.2, 0.25) is 0 Å². The molecule has 1 rings (SSSR count). The molecule has 0 aromatic carbocycles. The minimum absolute atomic E-state index is 0.0226. The molecule has 0 spiro atoms. The van der Waals surface area contributed by atoms with Gasteiger partial charge in [-0.1, -0.05) is 13.0 Å². The lowest BCUT2D eigenvalue weighted by atomic mass is 9.96. The molecule has 0 heterocycles. The van der Waals surface area contributed by atoms with Crippen LogP contribution < -0.4 is 0 Å². The first-order valence-electron chi connectivity index (χ1n) is 6.60. The standard InChI is InChI=1S/C14H25NO2/c1-4-5-6-7-8-15(3)14(17)13-10-12(16)9-11(13)2/h4,11-13,16H,1,5-10H2,2-3H3/t11-,12+,13-/m1/s1. The van der Waals surface area contributed by atoms with Gasteiger partial charge >= 0.3 is 0 Å². The molecular formula is C14H25NO2. The number of amides is 1. The van der Waals surface area contributed by atoms with Gasteiger partial charge in [0, 0.05) is 19.5 Å². The van der Waals surface area contributed by atoms with E-state index in [1.165, 1.54) is 0 Å². The van der Waals surface area contributed by atoms with Crippen molar-refractivity contribution in [3.05, 3.63) is 12.7 Å². The third-order valence-electron chi connectivity index (χ3n) is 3.70. The zero-order chi connectivity index (χ0) is 12.8. The number of carbonyl (C=O) groups is 1. The van der Waals surface area contributed by atoms with Gasteiger partial charge in [0.1, 0.15) is 0 Å². The highest BCUT2D eigenvalue weighted by atomic mass is 16.3. The van der Waals surface area contributed by atoms with E-state index >= 15 is 0 Å². The summed E-state index contributed by atoms with van der Waals surface area (Å²) in [6.45, 7) is 6.56. The topological polar surface area (TPSA) is 40.5 Å². The normalized spacial score (nSPS) is 28.1. The molecular weight excluding hydrogens is 214 g/mol. The highest BCUT2D eigenvalue weighted by molar-refractivity contribution is 5.79. The van der Waals surface area contributed by atoms with Crippen LogP contribution in [0.4, 0.5) is 0 Å². The van der Waals surface area contributed by atoms with Crippen molar-refractivity contribution in [1.29, 1.82) is 0 Å². The second-order valence-electron chi connectivity index (χ2n) is 5.25. The minimum Gasteiger partial charge on any atom is -0.393 e. The Labute approximate surface area is 105 Å². The van der Waals surface area contributed by atoms with Crippen LogP contribution >= 0.6 is 0 Å². The van der Waals surface area contributed by atoms with E-state index in [1.54, 1.807) is 0 Å². The lowest BCUT2D eigenvalue weighted by Gasteiger charge is -2.23. The number of hydrogen-bond donors (Lipinski definition) is 1. The fourth-order valence-corrected chi connectivity index (χ4v) is 2.59. The summed E-state index contributed by atoms with van der Waals surface area (Å²) < 4.78 is 0. The molecule has 1 N–H and O–H groups in total. The number of aliphatic hydroxyl groups excluding tert-OH is 1. The van der Waals surface area contributed by atoms with E-state index in [-0.39, 0.29) is 17.9 Å². The van der Waals surface area contributed by atoms with Crippen molar-refractivity contribution in [3.63, 3.8) is 0 Å². The Morgan fingerprint density at radius 3 is 2.71 bits per heavy atom. The maximum atomic E-state index is 12.2. The van der Waals surface area contributed by atoms with Crippen LogP contribution in [-0.4, -0.2) is 35.6 Å². The van der Waals surface area contributed by atoms with Gasteiger partial charge in [-0.25, -0.2) is 0 Å². The smallest absolute Gasteiger partial charge is 0.225 e. The zero-order valence-electron chi connectivity index (χ0n) is 11.1. The molecule has 0 radical (unpaired) electrons. The van der Waals surface area contributed by atoms with Gasteiger partial charge in [-0.15, -0.1) is 6.58 Å². The molecule has 98 valence electrons. The zero-order valence-corrected chi connectivity index (χ0v) is 11.1. The van der Waals surface area contributed by atoms with Crippen molar-refractivity contribution >= 4 is 5.91 Å². The predicted molar refractivity (Wildman–Crippen MR) is 69.6 cm³/mol. The van der Waals surface area contributed by atoms with Gasteiger partial charge < -0.3 is 10.0 Å². The van der Waals surface area contributed by atoms with Crippen LogP contribution in [0.1, 0.15) is 39.0 Å². The van der Waals surface area contributed by atoms with Crippen molar-refractivity contribution in [3.8, 4) is 0 Å². The van der Waals surface area contributed by atoms with Gasteiger partial charge in [-0.3, -0.25) is 4.79 Å². The Kier molecular flexibility index (Phi) is 5.69. The van der Waals surface area contributed by atoms with E-state index in [0.717, 1.165) is 32.2 Å². The van der Waals surface area contributed by atoms with Crippen molar-refractivity contribution in [2.24, 2.45) is 11.8 Å². The van der Waals surface area contributed by atoms with Gasteiger partial charge in [-0.2, -0.15) is 0 Å². The Hall–Kier alpha value is -0.830. The number of allylic oxidation sites excluding steroid dienone is 1. The van der Waals surface area contributed by atoms with Crippen LogP contribution in [0.15, 0.2) is 12.7 Å². The van der Waals surface area contributed by atoms with Gasteiger partial charge in [0.05, 0.1) is 6.10 Å². The number of carbonyl (C=O) groups excluding carboxylic acids is 1. The van der Waals surface area contributed by atoms with Gasteiger partial charge in [0.2, 0.25) is 5.91 Å². The summed E-state index contributed by atoms with van der Waals surface area (Å²) >= 11 is 0. The quantitative estimate of drug-likeness (QED) is 0.570. The summed E-state index contributed by atoms with van der Waals surface area (Å²) in [4.78, 5) is 14.0. The summed E-state index contributed by atoms with van der Waals surface area (Å²) in [6, 6.07) is 0. The summed E-state index contributed by atoms with van der Waals surface area (Å²) in [7, 11) is 1.87. The molecule has 17 heavy (non-hydrogen) atoms. The van der Waals surface area contributed by atoms with Gasteiger partial charge in [0.15, 0.2) is 0 Å². The maximum Gasteiger partial charge on any atom is 0.225 e. The SMILES string of the molecule is C=CCCCCN(C)C(=O)[C@@H]1C[C@@H](O)C[C@H]1C. The van der Waals surface area contributed by atoms with E-state index in [9.17, 15) is 9.90 Å². The average molecular weight is 239 g/mol. The maximum absolute atomic E-state index is 12.2. The summed E-state index contributed by atoms with van der Waals surface area (Å²) in [5.74, 6) is 0.537. The minimum atomic E-state index is -0.284. The highest BCUT2D eigenvalue weighted by Crippen LogP contribution is 2.32. The fraction of sp³-hybridized carbons (Fsp3) is 0.786. The molecule has 1 saturated carbocycles. The summed E-state index contributed by atoms with van der Waals surface area (Å²) in [6.07, 6.45) is 6.16.